The first-order chi connectivity index (χ1) is 16.6. The highest BCUT2D eigenvalue weighted by Gasteiger charge is 2.15. The van der Waals surface area contributed by atoms with Gasteiger partial charge in [0.2, 0.25) is 5.82 Å². The Morgan fingerprint density at radius 3 is 1.56 bits per heavy atom. The average Bonchev–Trinajstić information content (AvgIpc) is 2.88. The van der Waals surface area contributed by atoms with Gasteiger partial charge in [-0.3, -0.25) is 0 Å². The van der Waals surface area contributed by atoms with Crippen molar-refractivity contribution < 1.29 is 13.5 Å². The number of hydrogen-bond acceptors (Lipinski definition) is 1. The van der Waals surface area contributed by atoms with E-state index in [2.05, 4.69) is 55.5 Å². The number of aryl methyl sites for hydroxylation is 1. The minimum atomic E-state index is -0.951. The third-order valence-corrected chi connectivity index (χ3v) is 6.12. The van der Waals surface area contributed by atoms with Gasteiger partial charge in [0.05, 0.1) is 6.61 Å². The first-order valence-electron chi connectivity index (χ1n) is 12.0. The van der Waals surface area contributed by atoms with Gasteiger partial charge in [-0.1, -0.05) is 92.6 Å². The van der Waals surface area contributed by atoms with Gasteiger partial charge in [-0.15, -0.1) is 0 Å². The zero-order valence-corrected chi connectivity index (χ0v) is 19.8. The highest BCUT2D eigenvalue weighted by molar-refractivity contribution is 5.73. The number of ether oxygens (including phenoxy) is 1. The number of benzene rings is 4. The molecule has 0 atom stereocenters. The fourth-order valence-electron chi connectivity index (χ4n) is 4.16. The Hall–Kier alpha value is -3.46. The van der Waals surface area contributed by atoms with Crippen molar-refractivity contribution >= 4 is 0 Å². The van der Waals surface area contributed by atoms with Gasteiger partial charge < -0.3 is 4.74 Å². The van der Waals surface area contributed by atoms with Gasteiger partial charge in [0, 0.05) is 5.56 Å². The molecule has 0 N–H and O–H groups in total. The van der Waals surface area contributed by atoms with Crippen LogP contribution in [0.3, 0.4) is 0 Å². The smallest absolute Gasteiger partial charge is 0.201 e. The Kier molecular flexibility index (Phi) is 7.74. The van der Waals surface area contributed by atoms with Crippen LogP contribution in [0.25, 0.3) is 33.4 Å². The summed E-state index contributed by atoms with van der Waals surface area (Å²) in [6.07, 6.45) is 4.89. The van der Waals surface area contributed by atoms with Crippen molar-refractivity contribution in [3.05, 3.63) is 102 Å². The first-order valence-corrected chi connectivity index (χ1v) is 12.0. The average molecular weight is 457 g/mol. The molecule has 4 rings (SSSR count). The lowest BCUT2D eigenvalue weighted by Gasteiger charge is -2.10. The SMILES string of the molecule is CCCCCc1ccc(-c2ccc(-c3ccc(-c4ccc(OCC)c(F)c4F)cc3)cc2)cc1. The molecule has 0 unspecified atom stereocenters. The van der Waals surface area contributed by atoms with Gasteiger partial charge in [0.1, 0.15) is 0 Å². The van der Waals surface area contributed by atoms with Crippen LogP contribution < -0.4 is 4.74 Å². The highest BCUT2D eigenvalue weighted by atomic mass is 19.2. The molecule has 3 heteroatoms. The van der Waals surface area contributed by atoms with E-state index in [-0.39, 0.29) is 17.9 Å². The fourth-order valence-corrected chi connectivity index (χ4v) is 4.16. The Balaban J connectivity index is 1.48. The van der Waals surface area contributed by atoms with Gasteiger partial charge in [0.25, 0.3) is 0 Å². The molecular weight excluding hydrogens is 426 g/mol. The van der Waals surface area contributed by atoms with E-state index in [9.17, 15) is 8.78 Å². The van der Waals surface area contributed by atoms with Crippen molar-refractivity contribution in [1.29, 1.82) is 0 Å². The van der Waals surface area contributed by atoms with Crippen molar-refractivity contribution in [1.82, 2.24) is 0 Å². The lowest BCUT2D eigenvalue weighted by molar-refractivity contribution is 0.314. The predicted molar refractivity (Wildman–Crippen MR) is 137 cm³/mol. The van der Waals surface area contributed by atoms with E-state index >= 15 is 0 Å². The monoisotopic (exact) mass is 456 g/mol. The summed E-state index contributed by atoms with van der Waals surface area (Å²) in [6.45, 7) is 4.25. The van der Waals surface area contributed by atoms with Crippen LogP contribution in [0, 0.1) is 11.6 Å². The van der Waals surface area contributed by atoms with Crippen molar-refractivity contribution in [3.63, 3.8) is 0 Å². The van der Waals surface area contributed by atoms with E-state index in [1.165, 1.54) is 42.0 Å². The second kappa shape index (κ2) is 11.1. The standard InChI is InChI=1S/C31H30F2O/c1-3-5-6-7-22-8-10-23(11-9-22)24-12-14-25(15-13-24)26-16-18-27(19-17-26)28-20-21-29(34-4-2)31(33)30(28)32/h8-21H,3-7H2,1-2H3. The molecule has 0 saturated heterocycles. The van der Waals surface area contributed by atoms with E-state index in [1.807, 2.05) is 24.3 Å². The summed E-state index contributed by atoms with van der Waals surface area (Å²) in [4.78, 5) is 0. The second-order valence-corrected chi connectivity index (χ2v) is 8.48. The summed E-state index contributed by atoms with van der Waals surface area (Å²) in [6, 6.07) is 27.8. The van der Waals surface area contributed by atoms with Crippen molar-refractivity contribution in [3.8, 4) is 39.1 Å². The van der Waals surface area contributed by atoms with E-state index in [0.29, 0.717) is 5.56 Å². The zero-order valence-electron chi connectivity index (χ0n) is 19.8. The molecule has 0 aliphatic heterocycles. The van der Waals surface area contributed by atoms with E-state index in [4.69, 9.17) is 4.74 Å². The number of rotatable bonds is 9. The molecular formula is C31H30F2O. The molecule has 0 aromatic heterocycles. The van der Waals surface area contributed by atoms with Crippen LogP contribution in [-0.4, -0.2) is 6.61 Å². The third kappa shape index (κ3) is 5.36. The summed E-state index contributed by atoms with van der Waals surface area (Å²) in [5, 5.41) is 0. The number of halogens is 2. The maximum absolute atomic E-state index is 14.5. The molecule has 0 bridgehead atoms. The van der Waals surface area contributed by atoms with Crippen LogP contribution in [0.5, 0.6) is 5.75 Å². The molecule has 0 radical (unpaired) electrons. The normalized spacial score (nSPS) is 10.9. The lowest BCUT2D eigenvalue weighted by atomic mass is 9.97. The Morgan fingerprint density at radius 2 is 1.06 bits per heavy atom. The molecule has 1 nitrogen and oxygen atoms in total. The van der Waals surface area contributed by atoms with Crippen LogP contribution in [-0.2, 0) is 6.42 Å². The van der Waals surface area contributed by atoms with Crippen LogP contribution in [0.2, 0.25) is 0 Å². The third-order valence-electron chi connectivity index (χ3n) is 6.12. The lowest BCUT2D eigenvalue weighted by Crippen LogP contribution is -1.98. The zero-order chi connectivity index (χ0) is 23.9. The number of unbranched alkanes of at least 4 members (excludes halogenated alkanes) is 2. The van der Waals surface area contributed by atoms with Crippen molar-refractivity contribution in [2.45, 2.75) is 39.5 Å². The van der Waals surface area contributed by atoms with E-state index in [0.717, 1.165) is 17.5 Å². The fraction of sp³-hybridized carbons (Fsp3) is 0.226. The molecule has 174 valence electrons. The molecule has 0 saturated carbocycles. The summed E-state index contributed by atoms with van der Waals surface area (Å²) in [5.41, 5.74) is 6.71. The molecule has 34 heavy (non-hydrogen) atoms. The van der Waals surface area contributed by atoms with Crippen molar-refractivity contribution in [2.75, 3.05) is 6.61 Å². The van der Waals surface area contributed by atoms with Crippen LogP contribution in [0.1, 0.15) is 38.7 Å². The largest absolute Gasteiger partial charge is 0.491 e. The molecule has 4 aromatic carbocycles. The molecule has 0 aliphatic rings. The van der Waals surface area contributed by atoms with Gasteiger partial charge in [-0.25, -0.2) is 4.39 Å². The maximum atomic E-state index is 14.5. The van der Waals surface area contributed by atoms with Crippen LogP contribution >= 0.6 is 0 Å². The van der Waals surface area contributed by atoms with Gasteiger partial charge in [0.15, 0.2) is 11.6 Å². The molecule has 0 heterocycles. The van der Waals surface area contributed by atoms with Crippen LogP contribution in [0.15, 0.2) is 84.9 Å². The molecule has 0 amide bonds. The Bertz CT molecular complexity index is 1210. The molecule has 4 aromatic rings. The maximum Gasteiger partial charge on any atom is 0.201 e. The molecule has 0 fully saturated rings. The van der Waals surface area contributed by atoms with Gasteiger partial charge in [-0.2, -0.15) is 4.39 Å². The van der Waals surface area contributed by atoms with Gasteiger partial charge >= 0.3 is 0 Å². The van der Waals surface area contributed by atoms with Crippen LogP contribution in [0.4, 0.5) is 8.78 Å². The Morgan fingerprint density at radius 1 is 0.559 bits per heavy atom. The summed E-state index contributed by atoms with van der Waals surface area (Å²) < 4.78 is 33.9. The molecule has 0 spiro atoms. The second-order valence-electron chi connectivity index (χ2n) is 8.48. The number of hydrogen-bond donors (Lipinski definition) is 0. The Labute approximate surface area is 201 Å². The minimum absolute atomic E-state index is 0.0633. The van der Waals surface area contributed by atoms with Crippen molar-refractivity contribution in [2.24, 2.45) is 0 Å². The van der Waals surface area contributed by atoms with E-state index < -0.39 is 11.6 Å². The highest BCUT2D eigenvalue weighted by Crippen LogP contribution is 2.32. The molecule has 0 aliphatic carbocycles. The topological polar surface area (TPSA) is 9.23 Å². The first kappa shape index (κ1) is 23.7. The van der Waals surface area contributed by atoms with E-state index in [1.54, 1.807) is 13.0 Å². The van der Waals surface area contributed by atoms with Gasteiger partial charge in [-0.05, 0) is 65.3 Å². The predicted octanol–water partition coefficient (Wildman–Crippen LogP) is 9.10. The summed E-state index contributed by atoms with van der Waals surface area (Å²) >= 11 is 0. The quantitative estimate of drug-likeness (QED) is 0.228. The summed E-state index contributed by atoms with van der Waals surface area (Å²) in [5.74, 6) is -1.90. The minimum Gasteiger partial charge on any atom is -0.491 e. The summed E-state index contributed by atoms with van der Waals surface area (Å²) in [7, 11) is 0.